The van der Waals surface area contributed by atoms with E-state index in [-0.39, 0.29) is 11.5 Å². The maximum atomic E-state index is 12.0. The van der Waals surface area contributed by atoms with Gasteiger partial charge in [0.1, 0.15) is 0 Å². The molecule has 6 heteroatoms. The van der Waals surface area contributed by atoms with Gasteiger partial charge < -0.3 is 10.6 Å². The van der Waals surface area contributed by atoms with E-state index in [4.69, 9.17) is 5.73 Å². The number of aliphatic imine (C=N–C) groups is 1. The van der Waals surface area contributed by atoms with Gasteiger partial charge in [-0.2, -0.15) is 0 Å². The topological polar surface area (TPSA) is 75.8 Å². The first-order chi connectivity index (χ1) is 9.51. The van der Waals surface area contributed by atoms with E-state index in [0.717, 1.165) is 12.0 Å². The van der Waals surface area contributed by atoms with Gasteiger partial charge in [0.25, 0.3) is 0 Å². The van der Waals surface area contributed by atoms with Crippen LogP contribution in [0, 0.1) is 0 Å². The molecule has 0 aromatic heterocycles. The molecule has 1 unspecified atom stereocenters. The van der Waals surface area contributed by atoms with Gasteiger partial charge in [-0.25, -0.2) is 8.42 Å². The fourth-order valence-corrected chi connectivity index (χ4v) is 5.11. The molecule has 0 bridgehead atoms. The van der Waals surface area contributed by atoms with Crippen LogP contribution < -0.4 is 5.73 Å². The number of guanidine groups is 1. The number of hydrogen-bond donors (Lipinski definition) is 1. The van der Waals surface area contributed by atoms with Gasteiger partial charge in [0.05, 0.1) is 23.6 Å². The summed E-state index contributed by atoms with van der Waals surface area (Å²) in [7, 11) is -2.99. The normalized spacial score (nSPS) is 28.6. The smallest absolute Gasteiger partial charge is 0.192 e. The predicted molar refractivity (Wildman–Crippen MR) is 79.1 cm³/mol. The van der Waals surface area contributed by atoms with Gasteiger partial charge in [-0.3, -0.25) is 4.99 Å². The highest BCUT2D eigenvalue weighted by Crippen LogP contribution is 2.34. The molecule has 2 N–H and O–H groups in total. The molecule has 1 saturated heterocycles. The second kappa shape index (κ2) is 4.77. The molecule has 0 radical (unpaired) electrons. The number of nitrogens with zero attached hydrogens (tertiary/aromatic N) is 2. The molecular weight excluding hydrogens is 274 g/mol. The lowest BCUT2D eigenvalue weighted by Gasteiger charge is -2.41. The molecule has 1 aromatic carbocycles. The molecule has 1 atom stereocenters. The van der Waals surface area contributed by atoms with E-state index >= 15 is 0 Å². The minimum Gasteiger partial charge on any atom is -0.370 e. The highest BCUT2D eigenvalue weighted by molar-refractivity contribution is 7.91. The van der Waals surface area contributed by atoms with E-state index in [2.05, 4.69) is 4.99 Å². The van der Waals surface area contributed by atoms with Crippen molar-refractivity contribution >= 4 is 15.8 Å². The molecule has 2 aliphatic heterocycles. The van der Waals surface area contributed by atoms with E-state index in [0.29, 0.717) is 25.5 Å². The van der Waals surface area contributed by atoms with Crippen molar-refractivity contribution in [2.45, 2.75) is 24.9 Å². The van der Waals surface area contributed by atoms with Gasteiger partial charge in [0, 0.05) is 6.54 Å². The van der Waals surface area contributed by atoms with Crippen LogP contribution in [0.3, 0.4) is 0 Å². The Morgan fingerprint density at radius 3 is 2.75 bits per heavy atom. The Labute approximate surface area is 119 Å². The molecule has 5 nitrogen and oxygen atoms in total. The second-order valence-electron chi connectivity index (χ2n) is 5.67. The quantitative estimate of drug-likeness (QED) is 0.873. The Bertz CT molecular complexity index is 627. The Kier molecular flexibility index (Phi) is 3.20. The van der Waals surface area contributed by atoms with E-state index < -0.39 is 15.4 Å². The van der Waals surface area contributed by atoms with Crippen LogP contribution in [0.15, 0.2) is 35.3 Å². The van der Waals surface area contributed by atoms with Crippen molar-refractivity contribution in [3.05, 3.63) is 35.9 Å². The average molecular weight is 293 g/mol. The molecular formula is C14H19N3O2S. The van der Waals surface area contributed by atoms with Gasteiger partial charge in [-0.1, -0.05) is 30.3 Å². The number of nitrogens with two attached hydrogens (primary N) is 1. The molecule has 2 heterocycles. The van der Waals surface area contributed by atoms with Gasteiger partial charge in [-0.05, 0) is 18.4 Å². The van der Waals surface area contributed by atoms with Crippen molar-refractivity contribution in [3.8, 4) is 0 Å². The third-order valence-electron chi connectivity index (χ3n) is 4.15. The van der Waals surface area contributed by atoms with Crippen molar-refractivity contribution in [1.29, 1.82) is 0 Å². The van der Waals surface area contributed by atoms with E-state index in [1.54, 1.807) is 0 Å². The highest BCUT2D eigenvalue weighted by Gasteiger charge is 2.47. The van der Waals surface area contributed by atoms with E-state index in [1.165, 1.54) is 0 Å². The van der Waals surface area contributed by atoms with Crippen LogP contribution >= 0.6 is 0 Å². The zero-order chi connectivity index (χ0) is 14.2. The van der Waals surface area contributed by atoms with Crippen molar-refractivity contribution in [3.63, 3.8) is 0 Å². The van der Waals surface area contributed by atoms with Gasteiger partial charge in [0.15, 0.2) is 15.8 Å². The third kappa shape index (κ3) is 2.40. The minimum atomic E-state index is -2.99. The maximum Gasteiger partial charge on any atom is 0.192 e. The summed E-state index contributed by atoms with van der Waals surface area (Å²) in [6.07, 6.45) is 1.53. The fraction of sp³-hybridized carbons (Fsp3) is 0.500. The number of rotatable bonds is 2. The summed E-state index contributed by atoms with van der Waals surface area (Å²) >= 11 is 0. The Balaban J connectivity index is 1.88. The van der Waals surface area contributed by atoms with Crippen LogP contribution in [-0.2, 0) is 16.4 Å². The molecule has 1 aromatic rings. The maximum absolute atomic E-state index is 12.0. The standard InChI is InChI=1S/C14H19N3O2S/c15-13-16-10-14(7-4-8-20(18,19)11-14)17(13)9-12-5-2-1-3-6-12/h1-3,5-6H,4,7-11H2,(H2,15,16). The Hall–Kier alpha value is -1.56. The fourth-order valence-electron chi connectivity index (χ4n) is 3.17. The lowest BCUT2D eigenvalue weighted by molar-refractivity contribution is 0.196. The first-order valence-electron chi connectivity index (χ1n) is 6.83. The lowest BCUT2D eigenvalue weighted by Crippen LogP contribution is -2.57. The molecule has 3 rings (SSSR count). The van der Waals surface area contributed by atoms with Gasteiger partial charge >= 0.3 is 0 Å². The zero-order valence-corrected chi connectivity index (χ0v) is 12.1. The van der Waals surface area contributed by atoms with Crippen LogP contribution in [-0.4, -0.2) is 42.9 Å². The summed E-state index contributed by atoms with van der Waals surface area (Å²) in [5.41, 5.74) is 6.69. The summed E-state index contributed by atoms with van der Waals surface area (Å²) in [5.74, 6) is 0.913. The number of benzene rings is 1. The Morgan fingerprint density at radius 1 is 1.30 bits per heavy atom. The Morgan fingerprint density at radius 2 is 2.05 bits per heavy atom. The van der Waals surface area contributed by atoms with Crippen LogP contribution in [0.1, 0.15) is 18.4 Å². The monoisotopic (exact) mass is 293 g/mol. The average Bonchev–Trinajstić information content (AvgIpc) is 2.68. The second-order valence-corrected chi connectivity index (χ2v) is 7.85. The molecule has 0 aliphatic carbocycles. The van der Waals surface area contributed by atoms with Crippen LogP contribution in [0.25, 0.3) is 0 Å². The summed E-state index contributed by atoms with van der Waals surface area (Å²) in [5, 5.41) is 0. The van der Waals surface area contributed by atoms with Gasteiger partial charge in [-0.15, -0.1) is 0 Å². The van der Waals surface area contributed by atoms with Crippen LogP contribution in [0.4, 0.5) is 0 Å². The lowest BCUT2D eigenvalue weighted by atomic mass is 9.94. The molecule has 0 saturated carbocycles. The van der Waals surface area contributed by atoms with Crippen molar-refractivity contribution < 1.29 is 8.42 Å². The zero-order valence-electron chi connectivity index (χ0n) is 11.3. The first-order valence-corrected chi connectivity index (χ1v) is 8.65. The third-order valence-corrected chi connectivity index (χ3v) is 6.04. The van der Waals surface area contributed by atoms with Crippen molar-refractivity contribution in [1.82, 2.24) is 4.90 Å². The van der Waals surface area contributed by atoms with Crippen molar-refractivity contribution in [2.24, 2.45) is 10.7 Å². The van der Waals surface area contributed by atoms with Crippen molar-refractivity contribution in [2.75, 3.05) is 18.1 Å². The summed E-state index contributed by atoms with van der Waals surface area (Å²) in [4.78, 5) is 6.30. The summed E-state index contributed by atoms with van der Waals surface area (Å²) < 4.78 is 24.0. The SMILES string of the molecule is NC1=NCC2(CCCS(=O)(=O)C2)N1Cc1ccccc1. The molecule has 1 spiro atoms. The van der Waals surface area contributed by atoms with Gasteiger partial charge in [0.2, 0.25) is 0 Å². The predicted octanol–water partition coefficient (Wildman–Crippen LogP) is 0.764. The number of sulfone groups is 1. The van der Waals surface area contributed by atoms with Crippen LogP contribution in [0.5, 0.6) is 0 Å². The molecule has 1 fully saturated rings. The summed E-state index contributed by atoms with van der Waals surface area (Å²) in [6.45, 7) is 1.11. The molecule has 20 heavy (non-hydrogen) atoms. The minimum absolute atomic E-state index is 0.164. The number of hydrogen-bond acceptors (Lipinski definition) is 5. The van der Waals surface area contributed by atoms with E-state index in [1.807, 2.05) is 35.2 Å². The largest absolute Gasteiger partial charge is 0.370 e. The van der Waals surface area contributed by atoms with E-state index in [9.17, 15) is 8.42 Å². The highest BCUT2D eigenvalue weighted by atomic mass is 32.2. The first kappa shape index (κ1) is 13.4. The molecule has 0 amide bonds. The summed E-state index contributed by atoms with van der Waals surface area (Å²) in [6, 6.07) is 9.96. The van der Waals surface area contributed by atoms with Crippen LogP contribution in [0.2, 0.25) is 0 Å². The molecule has 108 valence electrons. The molecule has 2 aliphatic rings.